The van der Waals surface area contributed by atoms with Gasteiger partial charge in [-0.15, -0.1) is 0 Å². The van der Waals surface area contributed by atoms with Crippen LogP contribution in [0.5, 0.6) is 11.5 Å². The maximum absolute atomic E-state index is 6.97. The molecule has 0 radical (unpaired) electrons. The van der Waals surface area contributed by atoms with Crippen LogP contribution >= 0.6 is 0 Å². The quantitative estimate of drug-likeness (QED) is 0.233. The van der Waals surface area contributed by atoms with Gasteiger partial charge in [-0.05, 0) is 88.4 Å². The fourth-order valence-electron chi connectivity index (χ4n) is 6.52. The van der Waals surface area contributed by atoms with Gasteiger partial charge in [-0.1, -0.05) is 58.9 Å². The summed E-state index contributed by atoms with van der Waals surface area (Å²) in [6, 6.07) is 13.5. The minimum Gasteiger partial charge on any atom is -0.455 e. The van der Waals surface area contributed by atoms with Crippen molar-refractivity contribution in [3.63, 3.8) is 0 Å². The normalized spacial score (nSPS) is 17.5. The molecule has 0 saturated heterocycles. The number of hydrogen-bond donors (Lipinski definition) is 0. The van der Waals surface area contributed by atoms with Gasteiger partial charge in [0.15, 0.2) is 11.2 Å². The van der Waals surface area contributed by atoms with Crippen molar-refractivity contribution in [3.8, 4) is 22.8 Å². The van der Waals surface area contributed by atoms with Crippen LogP contribution in [0.2, 0.25) is 0 Å². The van der Waals surface area contributed by atoms with Gasteiger partial charge in [0.2, 0.25) is 0 Å². The standard InChI is InChI=1S/C32H37N2O/c1-19-22-10-8-9-11-23(22)28(31(2,3)4)30-26(19)29-27-24(33-18-34(29)7)16-21(17-25(27)35-30)20-12-14-32(5,6)15-13-20/h8-11,16-18,20H,12-15H2,1-7H3/q+1. The van der Waals surface area contributed by atoms with Gasteiger partial charge in [-0.3, -0.25) is 0 Å². The van der Waals surface area contributed by atoms with Crippen LogP contribution < -0.4 is 9.30 Å². The zero-order chi connectivity index (χ0) is 24.7. The molecular formula is C32H37N2O+. The third kappa shape index (κ3) is 3.46. The lowest BCUT2D eigenvalue weighted by atomic mass is 9.71. The summed E-state index contributed by atoms with van der Waals surface area (Å²) in [6.07, 6.45) is 7.00. The molecule has 35 heavy (non-hydrogen) atoms. The molecule has 3 aromatic carbocycles. The Hall–Kier alpha value is -2.94. The molecule has 1 aliphatic heterocycles. The monoisotopic (exact) mass is 465 g/mol. The van der Waals surface area contributed by atoms with Crippen molar-refractivity contribution in [2.75, 3.05) is 0 Å². The van der Waals surface area contributed by atoms with E-state index in [1.807, 2.05) is 6.33 Å². The van der Waals surface area contributed by atoms with Gasteiger partial charge in [0.1, 0.15) is 16.9 Å². The highest BCUT2D eigenvalue weighted by molar-refractivity contribution is 6.06. The van der Waals surface area contributed by atoms with Crippen LogP contribution in [-0.2, 0) is 12.5 Å². The Balaban J connectivity index is 1.65. The largest absolute Gasteiger partial charge is 0.455 e. The molecule has 2 aliphatic rings. The molecule has 0 amide bonds. The SMILES string of the molecule is Cc1c2c(c(C(C)(C)C)c3ccccc13)Oc1cc(C3CCC(C)(C)CC3)cc3nc[n+](C)c-2c13. The molecule has 4 aromatic rings. The summed E-state index contributed by atoms with van der Waals surface area (Å²) >= 11 is 0. The van der Waals surface area contributed by atoms with E-state index >= 15 is 0 Å². The van der Waals surface area contributed by atoms with Gasteiger partial charge >= 0.3 is 0 Å². The molecule has 0 N–H and O–H groups in total. The molecule has 0 atom stereocenters. The van der Waals surface area contributed by atoms with Crippen LogP contribution in [0.25, 0.3) is 32.9 Å². The lowest BCUT2D eigenvalue weighted by Crippen LogP contribution is -2.33. The van der Waals surface area contributed by atoms with E-state index in [1.54, 1.807) is 0 Å². The Morgan fingerprint density at radius 1 is 1.03 bits per heavy atom. The molecule has 1 saturated carbocycles. The van der Waals surface area contributed by atoms with E-state index in [9.17, 15) is 0 Å². The van der Waals surface area contributed by atoms with Crippen LogP contribution in [0.15, 0.2) is 42.7 Å². The van der Waals surface area contributed by atoms with Gasteiger partial charge in [0, 0.05) is 5.56 Å². The van der Waals surface area contributed by atoms with Gasteiger partial charge < -0.3 is 4.74 Å². The molecule has 0 unspecified atom stereocenters. The number of hydrogen-bond acceptors (Lipinski definition) is 2. The number of nitrogens with zero attached hydrogens (tertiary/aromatic N) is 2. The molecule has 0 spiro atoms. The third-order valence-electron chi connectivity index (χ3n) is 8.50. The summed E-state index contributed by atoms with van der Waals surface area (Å²) in [5, 5.41) is 3.73. The van der Waals surface area contributed by atoms with Crippen molar-refractivity contribution >= 4 is 21.7 Å². The second-order valence-electron chi connectivity index (χ2n) is 12.7. The summed E-state index contributed by atoms with van der Waals surface area (Å²) in [7, 11) is 2.11. The first-order valence-electron chi connectivity index (χ1n) is 13.1. The predicted molar refractivity (Wildman–Crippen MR) is 144 cm³/mol. The minimum atomic E-state index is -0.0633. The second-order valence-corrected chi connectivity index (χ2v) is 12.7. The maximum atomic E-state index is 6.97. The van der Waals surface area contributed by atoms with Crippen LogP contribution in [0.4, 0.5) is 0 Å². The molecule has 0 bridgehead atoms. The number of aromatic nitrogens is 2. The van der Waals surface area contributed by atoms with Crippen molar-refractivity contribution < 1.29 is 9.30 Å². The smallest absolute Gasteiger partial charge is 0.287 e. The zero-order valence-electron chi connectivity index (χ0n) is 22.2. The fraction of sp³-hybridized carbons (Fsp3) is 0.438. The number of ether oxygens (including phenoxy) is 1. The van der Waals surface area contributed by atoms with E-state index in [2.05, 4.69) is 89.6 Å². The Kier molecular flexibility index (Phi) is 4.84. The number of aryl methyl sites for hydroxylation is 2. The van der Waals surface area contributed by atoms with Crippen molar-refractivity contribution in [3.05, 3.63) is 59.4 Å². The van der Waals surface area contributed by atoms with E-state index in [0.29, 0.717) is 11.3 Å². The Labute approximate surface area is 209 Å². The maximum Gasteiger partial charge on any atom is 0.287 e. The minimum absolute atomic E-state index is 0.0633. The summed E-state index contributed by atoms with van der Waals surface area (Å²) in [4.78, 5) is 4.89. The summed E-state index contributed by atoms with van der Waals surface area (Å²) in [6.45, 7) is 13.9. The molecule has 6 rings (SSSR count). The molecule has 3 nitrogen and oxygen atoms in total. The van der Waals surface area contributed by atoms with E-state index in [-0.39, 0.29) is 5.41 Å². The lowest BCUT2D eigenvalue weighted by Gasteiger charge is -2.35. The van der Waals surface area contributed by atoms with Crippen LogP contribution in [-0.4, -0.2) is 4.98 Å². The van der Waals surface area contributed by atoms with Gasteiger partial charge in [-0.25, -0.2) is 4.57 Å². The second kappa shape index (κ2) is 7.53. The highest BCUT2D eigenvalue weighted by Gasteiger charge is 2.36. The molecule has 1 fully saturated rings. The molecule has 1 aliphatic carbocycles. The van der Waals surface area contributed by atoms with Crippen molar-refractivity contribution in [2.24, 2.45) is 12.5 Å². The summed E-state index contributed by atoms with van der Waals surface area (Å²) in [5.41, 5.74) is 7.81. The summed E-state index contributed by atoms with van der Waals surface area (Å²) in [5.74, 6) is 2.56. The van der Waals surface area contributed by atoms with E-state index in [4.69, 9.17) is 9.72 Å². The highest BCUT2D eigenvalue weighted by Crippen LogP contribution is 2.54. The number of fused-ring (bicyclic) bond motifs is 3. The number of rotatable bonds is 1. The van der Waals surface area contributed by atoms with E-state index < -0.39 is 0 Å². The van der Waals surface area contributed by atoms with Gasteiger partial charge in [0.25, 0.3) is 6.33 Å². The summed E-state index contributed by atoms with van der Waals surface area (Å²) < 4.78 is 9.15. The highest BCUT2D eigenvalue weighted by atomic mass is 16.5. The Morgan fingerprint density at radius 2 is 1.71 bits per heavy atom. The molecule has 3 heteroatoms. The number of benzene rings is 3. The van der Waals surface area contributed by atoms with Crippen molar-refractivity contribution in [2.45, 2.75) is 78.6 Å². The fourth-order valence-corrected chi connectivity index (χ4v) is 6.52. The average molecular weight is 466 g/mol. The first-order valence-corrected chi connectivity index (χ1v) is 13.1. The van der Waals surface area contributed by atoms with E-state index in [1.165, 1.54) is 64.4 Å². The van der Waals surface area contributed by atoms with Crippen LogP contribution in [0.3, 0.4) is 0 Å². The Bertz CT molecular complexity index is 1500. The molecule has 1 aromatic heterocycles. The average Bonchev–Trinajstić information content (AvgIpc) is 2.80. The Morgan fingerprint density at radius 3 is 2.40 bits per heavy atom. The lowest BCUT2D eigenvalue weighted by molar-refractivity contribution is -0.662. The molecule has 2 heterocycles. The first kappa shape index (κ1) is 22.5. The first-order chi connectivity index (χ1) is 16.5. The molecule has 180 valence electrons. The molecular weight excluding hydrogens is 428 g/mol. The van der Waals surface area contributed by atoms with Gasteiger partial charge in [-0.2, -0.15) is 0 Å². The van der Waals surface area contributed by atoms with Crippen molar-refractivity contribution in [1.82, 2.24) is 4.98 Å². The van der Waals surface area contributed by atoms with Gasteiger partial charge in [0.05, 0.1) is 12.6 Å². The van der Waals surface area contributed by atoms with Crippen LogP contribution in [0.1, 0.15) is 82.9 Å². The van der Waals surface area contributed by atoms with Crippen LogP contribution in [0, 0.1) is 12.3 Å². The topological polar surface area (TPSA) is 26.0 Å². The van der Waals surface area contributed by atoms with E-state index in [0.717, 1.165) is 22.4 Å². The third-order valence-corrected chi connectivity index (χ3v) is 8.50. The zero-order valence-corrected chi connectivity index (χ0v) is 22.2. The predicted octanol–water partition coefficient (Wildman–Crippen LogP) is 8.27. The van der Waals surface area contributed by atoms with Crippen molar-refractivity contribution in [1.29, 1.82) is 0 Å².